The summed E-state index contributed by atoms with van der Waals surface area (Å²) < 4.78 is 0. The van der Waals surface area contributed by atoms with E-state index < -0.39 is 6.04 Å². The summed E-state index contributed by atoms with van der Waals surface area (Å²) in [4.78, 5) is 42.1. The SMILES string of the molecule is CC(C)CC(C(=O)N(C)Cc1cccc(Cl)c1)N1C(=O)C2CC=CCC2C1=O. The van der Waals surface area contributed by atoms with E-state index in [-0.39, 0.29) is 35.5 Å². The van der Waals surface area contributed by atoms with Crippen molar-refractivity contribution < 1.29 is 14.4 Å². The summed E-state index contributed by atoms with van der Waals surface area (Å²) in [5.41, 5.74) is 0.906. The molecule has 3 unspecified atom stereocenters. The number of amides is 3. The minimum absolute atomic E-state index is 0.176. The highest BCUT2D eigenvalue weighted by molar-refractivity contribution is 6.30. The summed E-state index contributed by atoms with van der Waals surface area (Å²) in [6, 6.07) is 6.59. The Balaban J connectivity index is 1.82. The average molecular weight is 403 g/mol. The number of halogens is 1. The molecule has 3 amide bonds. The predicted octanol–water partition coefficient (Wildman–Crippen LogP) is 3.66. The molecule has 2 aliphatic rings. The molecule has 3 atom stereocenters. The van der Waals surface area contributed by atoms with Crippen LogP contribution in [0.2, 0.25) is 5.02 Å². The van der Waals surface area contributed by atoms with Crippen LogP contribution in [0.15, 0.2) is 36.4 Å². The number of benzene rings is 1. The third-order valence-electron chi connectivity index (χ3n) is 5.52. The van der Waals surface area contributed by atoms with Crippen LogP contribution in [0.4, 0.5) is 0 Å². The topological polar surface area (TPSA) is 57.7 Å². The number of rotatable bonds is 6. The maximum absolute atomic E-state index is 13.3. The molecule has 0 aromatic heterocycles. The molecule has 1 aromatic carbocycles. The average Bonchev–Trinajstić information content (AvgIpc) is 2.90. The summed E-state index contributed by atoms with van der Waals surface area (Å²) in [5.74, 6) is -1.07. The Morgan fingerprint density at radius 3 is 2.32 bits per heavy atom. The Labute approximate surface area is 171 Å². The van der Waals surface area contributed by atoms with E-state index >= 15 is 0 Å². The van der Waals surface area contributed by atoms with Crippen molar-refractivity contribution in [3.8, 4) is 0 Å². The first kappa shape index (κ1) is 20.6. The smallest absolute Gasteiger partial charge is 0.245 e. The Bertz CT molecular complexity index is 779. The molecule has 5 nitrogen and oxygen atoms in total. The lowest BCUT2D eigenvalue weighted by molar-refractivity contribution is -0.152. The van der Waals surface area contributed by atoms with Crippen LogP contribution in [-0.4, -0.2) is 40.6 Å². The van der Waals surface area contributed by atoms with E-state index in [1.54, 1.807) is 18.0 Å². The Hall–Kier alpha value is -2.14. The minimum Gasteiger partial charge on any atom is -0.340 e. The van der Waals surface area contributed by atoms with Gasteiger partial charge in [-0.15, -0.1) is 0 Å². The van der Waals surface area contributed by atoms with Crippen molar-refractivity contribution in [2.24, 2.45) is 17.8 Å². The zero-order chi connectivity index (χ0) is 20.4. The number of likely N-dealkylation sites (N-methyl/N-ethyl adjacent to an activating group) is 1. The second-order valence-electron chi connectivity index (χ2n) is 8.17. The number of hydrogen-bond acceptors (Lipinski definition) is 3. The van der Waals surface area contributed by atoms with Gasteiger partial charge >= 0.3 is 0 Å². The van der Waals surface area contributed by atoms with Crippen LogP contribution in [0.1, 0.15) is 38.7 Å². The lowest BCUT2D eigenvalue weighted by atomic mass is 9.85. The maximum Gasteiger partial charge on any atom is 0.245 e. The van der Waals surface area contributed by atoms with Gasteiger partial charge in [-0.25, -0.2) is 0 Å². The quantitative estimate of drug-likeness (QED) is 0.539. The fraction of sp³-hybridized carbons (Fsp3) is 0.500. The second kappa shape index (κ2) is 8.48. The number of carbonyl (C=O) groups excluding carboxylic acids is 3. The molecule has 0 N–H and O–H groups in total. The highest BCUT2D eigenvalue weighted by Crippen LogP contribution is 2.37. The van der Waals surface area contributed by atoms with Crippen LogP contribution >= 0.6 is 11.6 Å². The first-order valence-corrected chi connectivity index (χ1v) is 10.2. The van der Waals surface area contributed by atoms with E-state index in [1.807, 2.05) is 44.2 Å². The molecule has 0 saturated carbocycles. The number of hydrogen-bond donors (Lipinski definition) is 0. The van der Waals surface area contributed by atoms with Crippen molar-refractivity contribution >= 4 is 29.3 Å². The van der Waals surface area contributed by atoms with E-state index in [2.05, 4.69) is 0 Å². The minimum atomic E-state index is -0.755. The third-order valence-corrected chi connectivity index (χ3v) is 5.75. The predicted molar refractivity (Wildman–Crippen MR) is 108 cm³/mol. The standard InChI is InChI=1S/C22H27ClN2O3/c1-14(2)11-19(22(28)24(3)13-15-7-6-8-16(23)12-15)25-20(26)17-9-4-5-10-18(17)21(25)27/h4-8,12,14,17-19H,9-11,13H2,1-3H3. The maximum atomic E-state index is 13.3. The van der Waals surface area contributed by atoms with E-state index in [4.69, 9.17) is 11.6 Å². The van der Waals surface area contributed by atoms with E-state index in [0.717, 1.165) is 5.56 Å². The van der Waals surface area contributed by atoms with Crippen LogP contribution in [0, 0.1) is 17.8 Å². The van der Waals surface area contributed by atoms with Gasteiger partial charge in [0.25, 0.3) is 0 Å². The molecular weight excluding hydrogens is 376 g/mol. The van der Waals surface area contributed by atoms with Crippen molar-refractivity contribution in [3.05, 3.63) is 47.0 Å². The Morgan fingerprint density at radius 1 is 1.18 bits per heavy atom. The molecular formula is C22H27ClN2O3. The van der Waals surface area contributed by atoms with E-state index in [1.165, 1.54) is 4.90 Å². The van der Waals surface area contributed by atoms with Gasteiger partial charge < -0.3 is 4.90 Å². The van der Waals surface area contributed by atoms with Crippen molar-refractivity contribution in [2.45, 2.75) is 45.7 Å². The van der Waals surface area contributed by atoms with Crippen LogP contribution in [-0.2, 0) is 20.9 Å². The molecule has 0 bridgehead atoms. The fourth-order valence-electron chi connectivity index (χ4n) is 4.14. The molecule has 1 aliphatic carbocycles. The molecule has 1 fully saturated rings. The van der Waals surface area contributed by atoms with Crippen LogP contribution in [0.5, 0.6) is 0 Å². The fourth-order valence-corrected chi connectivity index (χ4v) is 4.35. The molecule has 1 saturated heterocycles. The van der Waals surface area contributed by atoms with Crippen LogP contribution in [0.25, 0.3) is 0 Å². The zero-order valence-electron chi connectivity index (χ0n) is 16.6. The molecule has 28 heavy (non-hydrogen) atoms. The van der Waals surface area contributed by atoms with Crippen molar-refractivity contribution in [3.63, 3.8) is 0 Å². The first-order valence-electron chi connectivity index (χ1n) is 9.81. The molecule has 6 heteroatoms. The van der Waals surface area contributed by atoms with E-state index in [0.29, 0.717) is 30.8 Å². The number of likely N-dealkylation sites (tertiary alicyclic amines) is 1. The highest BCUT2D eigenvalue weighted by atomic mass is 35.5. The number of nitrogens with zero attached hydrogens (tertiary/aromatic N) is 2. The second-order valence-corrected chi connectivity index (χ2v) is 8.61. The van der Waals surface area contributed by atoms with Gasteiger partial charge in [0.05, 0.1) is 11.8 Å². The molecule has 1 aliphatic heterocycles. The largest absolute Gasteiger partial charge is 0.340 e. The number of carbonyl (C=O) groups is 3. The molecule has 1 aromatic rings. The van der Waals surface area contributed by atoms with Gasteiger partial charge in [0.15, 0.2) is 0 Å². The molecule has 150 valence electrons. The monoisotopic (exact) mass is 402 g/mol. The Kier molecular flexibility index (Phi) is 6.23. The van der Waals surface area contributed by atoms with Crippen molar-refractivity contribution in [2.75, 3.05) is 7.05 Å². The van der Waals surface area contributed by atoms with Gasteiger partial charge in [-0.05, 0) is 42.9 Å². The summed E-state index contributed by atoms with van der Waals surface area (Å²) >= 11 is 6.04. The highest BCUT2D eigenvalue weighted by Gasteiger charge is 2.51. The normalized spacial score (nSPS) is 22.5. The first-order chi connectivity index (χ1) is 13.3. The van der Waals surface area contributed by atoms with Gasteiger partial charge in [-0.3, -0.25) is 19.3 Å². The van der Waals surface area contributed by atoms with Gasteiger partial charge in [-0.1, -0.05) is 49.7 Å². The van der Waals surface area contributed by atoms with Gasteiger partial charge in [-0.2, -0.15) is 0 Å². The van der Waals surface area contributed by atoms with Crippen molar-refractivity contribution in [1.29, 1.82) is 0 Å². The lowest BCUT2D eigenvalue weighted by Crippen LogP contribution is -2.50. The van der Waals surface area contributed by atoms with Gasteiger partial charge in [0.2, 0.25) is 17.7 Å². The molecule has 1 heterocycles. The zero-order valence-corrected chi connectivity index (χ0v) is 17.4. The summed E-state index contributed by atoms with van der Waals surface area (Å²) in [7, 11) is 1.70. The number of fused-ring (bicyclic) bond motifs is 1. The van der Waals surface area contributed by atoms with E-state index in [9.17, 15) is 14.4 Å². The number of imide groups is 1. The lowest BCUT2D eigenvalue weighted by Gasteiger charge is -2.31. The van der Waals surface area contributed by atoms with Gasteiger partial charge in [0, 0.05) is 18.6 Å². The number of allylic oxidation sites excluding steroid dienone is 2. The molecule has 3 rings (SSSR count). The Morgan fingerprint density at radius 2 is 1.79 bits per heavy atom. The summed E-state index contributed by atoms with van der Waals surface area (Å²) in [5, 5.41) is 0.610. The van der Waals surface area contributed by atoms with Crippen molar-refractivity contribution in [1.82, 2.24) is 9.80 Å². The van der Waals surface area contributed by atoms with Crippen LogP contribution < -0.4 is 0 Å². The molecule has 0 radical (unpaired) electrons. The third kappa shape index (κ3) is 4.14. The van der Waals surface area contributed by atoms with Crippen LogP contribution in [0.3, 0.4) is 0 Å². The summed E-state index contributed by atoms with van der Waals surface area (Å²) in [6.07, 6.45) is 5.53. The molecule has 0 spiro atoms. The summed E-state index contributed by atoms with van der Waals surface area (Å²) in [6.45, 7) is 4.37. The van der Waals surface area contributed by atoms with Gasteiger partial charge in [0.1, 0.15) is 6.04 Å².